The molecule has 0 atom stereocenters. The Balaban J connectivity index is 2.63. The molecular weight excluding hydrogens is 290 g/mol. The highest BCUT2D eigenvalue weighted by molar-refractivity contribution is 7.89. The van der Waals surface area contributed by atoms with Crippen LogP contribution in [0.15, 0.2) is 18.2 Å². The first-order chi connectivity index (χ1) is 9.60. The van der Waals surface area contributed by atoms with E-state index in [1.165, 1.54) is 10.6 Å². The summed E-state index contributed by atoms with van der Waals surface area (Å²) in [5.74, 6) is -0.745. The molecule has 0 saturated carbocycles. The number of aromatic nitrogens is 1. The zero-order valence-corrected chi connectivity index (χ0v) is 13.3. The van der Waals surface area contributed by atoms with Crippen LogP contribution in [0.2, 0.25) is 0 Å². The highest BCUT2D eigenvalue weighted by Gasteiger charge is 2.20. The van der Waals surface area contributed by atoms with Gasteiger partial charge in [0.05, 0.1) is 11.4 Å². The second-order valence-corrected chi connectivity index (χ2v) is 7.62. The van der Waals surface area contributed by atoms with Crippen molar-refractivity contribution >= 4 is 9.84 Å². The van der Waals surface area contributed by atoms with Crippen LogP contribution >= 0.6 is 0 Å². The number of rotatable bonds is 3. The molecule has 1 aromatic carbocycles. The molecule has 1 heterocycles. The molecule has 0 spiro atoms. The number of sulfone groups is 1. The third kappa shape index (κ3) is 3.05. The van der Waals surface area contributed by atoms with Crippen LogP contribution in [0, 0.1) is 20.8 Å². The smallest absolute Gasteiger partial charge is 0.202 e. The normalized spacial score (nSPS) is 11.8. The highest BCUT2D eigenvalue weighted by atomic mass is 32.2. The van der Waals surface area contributed by atoms with E-state index in [0.717, 1.165) is 22.9 Å². The number of hydrogen-bond acceptors (Lipinski definition) is 4. The second-order valence-electron chi connectivity index (χ2n) is 5.48. The van der Waals surface area contributed by atoms with Crippen LogP contribution in [-0.4, -0.2) is 29.5 Å². The molecule has 0 unspecified atom stereocenters. The molecule has 1 aromatic heterocycles. The summed E-state index contributed by atoms with van der Waals surface area (Å²) in [5, 5.41) is 20.3. The minimum absolute atomic E-state index is 0.183. The number of aryl methyl sites for hydroxylation is 3. The molecule has 0 fully saturated rings. The van der Waals surface area contributed by atoms with Gasteiger partial charge in [-0.3, -0.25) is 4.57 Å². The van der Waals surface area contributed by atoms with E-state index in [-0.39, 0.29) is 23.1 Å². The quantitative estimate of drug-likeness (QED) is 0.912. The third-order valence-corrected chi connectivity index (χ3v) is 4.34. The predicted molar refractivity (Wildman–Crippen MR) is 81.9 cm³/mol. The average Bonchev–Trinajstić information content (AvgIpc) is 2.58. The molecule has 0 amide bonds. The van der Waals surface area contributed by atoms with Gasteiger partial charge in [0.2, 0.25) is 5.88 Å². The van der Waals surface area contributed by atoms with E-state index < -0.39 is 9.84 Å². The second kappa shape index (κ2) is 5.11. The molecule has 0 radical (unpaired) electrons. The van der Waals surface area contributed by atoms with Crippen LogP contribution in [0.4, 0.5) is 0 Å². The molecule has 21 heavy (non-hydrogen) atoms. The molecule has 114 valence electrons. The molecule has 5 nitrogen and oxygen atoms in total. The van der Waals surface area contributed by atoms with Crippen LogP contribution in [0.1, 0.15) is 22.3 Å². The summed E-state index contributed by atoms with van der Waals surface area (Å²) >= 11 is 0. The zero-order valence-electron chi connectivity index (χ0n) is 12.5. The molecule has 2 aromatic rings. The van der Waals surface area contributed by atoms with Gasteiger partial charge in [-0.05, 0) is 43.5 Å². The Morgan fingerprint density at radius 2 is 1.57 bits per heavy atom. The van der Waals surface area contributed by atoms with Crippen LogP contribution in [0.5, 0.6) is 11.8 Å². The van der Waals surface area contributed by atoms with Gasteiger partial charge in [0.25, 0.3) is 0 Å². The van der Waals surface area contributed by atoms with Gasteiger partial charge in [-0.1, -0.05) is 6.07 Å². The summed E-state index contributed by atoms with van der Waals surface area (Å²) in [4.78, 5) is 0. The van der Waals surface area contributed by atoms with Gasteiger partial charge in [-0.15, -0.1) is 0 Å². The lowest BCUT2D eigenvalue weighted by atomic mass is 10.0. The Morgan fingerprint density at radius 1 is 1.00 bits per heavy atom. The maximum atomic E-state index is 11.4. The summed E-state index contributed by atoms with van der Waals surface area (Å²) in [6, 6.07) is 5.10. The van der Waals surface area contributed by atoms with E-state index in [9.17, 15) is 18.6 Å². The fourth-order valence-electron chi connectivity index (χ4n) is 2.35. The Morgan fingerprint density at radius 3 is 2.14 bits per heavy atom. The summed E-state index contributed by atoms with van der Waals surface area (Å²) in [6.45, 7) is 5.79. The Bertz CT molecular complexity index is 804. The average molecular weight is 309 g/mol. The van der Waals surface area contributed by atoms with Crippen molar-refractivity contribution in [2.75, 3.05) is 6.26 Å². The largest absolute Gasteiger partial charge is 0.494 e. The van der Waals surface area contributed by atoms with Gasteiger partial charge < -0.3 is 10.2 Å². The first-order valence-corrected chi connectivity index (χ1v) is 8.54. The molecule has 0 aliphatic carbocycles. The van der Waals surface area contributed by atoms with Gasteiger partial charge in [0, 0.05) is 17.9 Å². The van der Waals surface area contributed by atoms with Crippen LogP contribution < -0.4 is 0 Å². The summed E-state index contributed by atoms with van der Waals surface area (Å²) in [5.41, 5.74) is 3.83. The fourth-order valence-corrected chi connectivity index (χ4v) is 3.13. The number of nitrogens with zero attached hydrogens (tertiary/aromatic N) is 1. The SMILES string of the molecule is Cc1cc(C)c(-n2c(O)cc(CS(C)(=O)=O)c2O)cc1C. The van der Waals surface area contributed by atoms with E-state index >= 15 is 0 Å². The van der Waals surface area contributed by atoms with Crippen molar-refractivity contribution in [2.24, 2.45) is 0 Å². The van der Waals surface area contributed by atoms with Crippen molar-refractivity contribution in [3.8, 4) is 17.4 Å². The Hall–Kier alpha value is -1.95. The van der Waals surface area contributed by atoms with Crippen molar-refractivity contribution in [3.05, 3.63) is 40.5 Å². The van der Waals surface area contributed by atoms with E-state index in [2.05, 4.69) is 0 Å². The van der Waals surface area contributed by atoms with E-state index in [1.807, 2.05) is 32.9 Å². The van der Waals surface area contributed by atoms with E-state index in [4.69, 9.17) is 0 Å². The van der Waals surface area contributed by atoms with Crippen LogP contribution in [0.3, 0.4) is 0 Å². The first kappa shape index (κ1) is 15.4. The standard InChI is InChI=1S/C15H19NO4S/c1-9-5-11(3)13(6-10(9)2)16-14(17)7-12(15(16)18)8-21(4,19)20/h5-7,17-18H,8H2,1-4H3. The molecular formula is C15H19NO4S. The van der Waals surface area contributed by atoms with Crippen molar-refractivity contribution < 1.29 is 18.6 Å². The zero-order chi connectivity index (χ0) is 15.9. The first-order valence-electron chi connectivity index (χ1n) is 6.48. The maximum absolute atomic E-state index is 11.4. The van der Waals surface area contributed by atoms with E-state index in [0.29, 0.717) is 5.69 Å². The Labute approximate surface area is 124 Å². The number of aromatic hydroxyl groups is 2. The lowest BCUT2D eigenvalue weighted by Gasteiger charge is -2.13. The van der Waals surface area contributed by atoms with Crippen LogP contribution in [-0.2, 0) is 15.6 Å². The molecule has 2 rings (SSSR count). The topological polar surface area (TPSA) is 79.5 Å². The lowest BCUT2D eigenvalue weighted by Crippen LogP contribution is -2.01. The minimum atomic E-state index is -3.29. The van der Waals surface area contributed by atoms with Gasteiger partial charge in [-0.25, -0.2) is 8.42 Å². The van der Waals surface area contributed by atoms with Gasteiger partial charge >= 0.3 is 0 Å². The van der Waals surface area contributed by atoms with Crippen molar-refractivity contribution in [2.45, 2.75) is 26.5 Å². The summed E-state index contributed by atoms with van der Waals surface area (Å²) in [6.07, 6.45) is 1.09. The van der Waals surface area contributed by atoms with Gasteiger partial charge in [0.15, 0.2) is 15.7 Å². The summed E-state index contributed by atoms with van der Waals surface area (Å²) in [7, 11) is -3.29. The minimum Gasteiger partial charge on any atom is -0.494 e. The van der Waals surface area contributed by atoms with Gasteiger partial charge in [-0.2, -0.15) is 0 Å². The van der Waals surface area contributed by atoms with Crippen molar-refractivity contribution in [3.63, 3.8) is 0 Å². The predicted octanol–water partition coefficient (Wildman–Crippen LogP) is 2.36. The van der Waals surface area contributed by atoms with Crippen molar-refractivity contribution in [1.29, 1.82) is 0 Å². The lowest BCUT2D eigenvalue weighted by molar-refractivity contribution is 0.400. The maximum Gasteiger partial charge on any atom is 0.202 e. The molecule has 2 N–H and O–H groups in total. The number of benzene rings is 1. The Kier molecular flexibility index (Phi) is 3.76. The molecule has 0 saturated heterocycles. The van der Waals surface area contributed by atoms with Crippen molar-refractivity contribution in [1.82, 2.24) is 4.57 Å². The van der Waals surface area contributed by atoms with E-state index in [1.54, 1.807) is 0 Å². The van der Waals surface area contributed by atoms with Crippen LogP contribution in [0.25, 0.3) is 5.69 Å². The highest BCUT2D eigenvalue weighted by Crippen LogP contribution is 2.34. The monoisotopic (exact) mass is 309 g/mol. The molecule has 6 heteroatoms. The number of hydrogen-bond donors (Lipinski definition) is 2. The molecule has 0 aliphatic heterocycles. The summed E-state index contributed by atoms with van der Waals surface area (Å²) < 4.78 is 24.0. The van der Waals surface area contributed by atoms with Gasteiger partial charge in [0.1, 0.15) is 0 Å². The molecule has 0 bridgehead atoms. The molecule has 0 aliphatic rings. The third-order valence-electron chi connectivity index (χ3n) is 3.50. The fraction of sp³-hybridized carbons (Fsp3) is 0.333.